The van der Waals surface area contributed by atoms with Crippen molar-refractivity contribution in [3.63, 3.8) is 0 Å². The molecule has 4 N–H and O–H groups in total. The van der Waals surface area contributed by atoms with E-state index in [1.54, 1.807) is 30.3 Å². The number of nitrogens with one attached hydrogen (secondary N) is 1. The fourth-order valence-electron chi connectivity index (χ4n) is 2.74. The molecule has 0 radical (unpaired) electrons. The van der Waals surface area contributed by atoms with E-state index >= 15 is 0 Å². The van der Waals surface area contributed by atoms with Gasteiger partial charge in [-0.3, -0.25) is 9.59 Å². The third-order valence-corrected chi connectivity index (χ3v) is 4.20. The first-order chi connectivity index (χ1) is 16.1. The van der Waals surface area contributed by atoms with Gasteiger partial charge in [-0.2, -0.15) is 0 Å². The van der Waals surface area contributed by atoms with Crippen LogP contribution in [0.25, 0.3) is 10.8 Å². The molecule has 0 saturated carbocycles. The number of rotatable bonds is 8. The number of carbonyl (C=O) groups excluding carboxylic acids is 3. The van der Waals surface area contributed by atoms with Crippen LogP contribution in [0.3, 0.4) is 0 Å². The molecule has 34 heavy (non-hydrogen) atoms. The molecule has 0 unspecified atom stereocenters. The Balaban J connectivity index is 0.00000104. The molecule has 0 aromatic heterocycles. The number of carbonyl (C=O) groups is 3. The molecular weight excluding hydrogens is 463 g/mol. The summed E-state index contributed by atoms with van der Waals surface area (Å²) in [7, 11) is -4.64. The van der Waals surface area contributed by atoms with Crippen molar-refractivity contribution in [2.24, 2.45) is 0 Å². The van der Waals surface area contributed by atoms with E-state index < -0.39 is 25.7 Å². The predicted molar refractivity (Wildman–Crippen MR) is 127 cm³/mol. The first-order valence-corrected chi connectivity index (χ1v) is 12.0. The number of hydroxylamine groups is 2. The van der Waals surface area contributed by atoms with Crippen molar-refractivity contribution in [3.8, 4) is 0 Å². The number of allylic oxidation sites excluding steroid dienone is 1. The predicted octanol–water partition coefficient (Wildman–Crippen LogP) is 3.84. The zero-order chi connectivity index (χ0) is 25.6. The summed E-state index contributed by atoms with van der Waals surface area (Å²) in [5.74, 6) is -1.42. The second-order valence-corrected chi connectivity index (χ2v) is 7.95. The van der Waals surface area contributed by atoms with Crippen LogP contribution in [0.2, 0.25) is 0 Å². The van der Waals surface area contributed by atoms with E-state index in [1.165, 1.54) is 12.2 Å². The van der Waals surface area contributed by atoms with E-state index in [9.17, 15) is 14.4 Å². The highest BCUT2D eigenvalue weighted by Crippen LogP contribution is 2.25. The molecule has 2 aromatic rings. The Hall–Kier alpha value is -3.30. The van der Waals surface area contributed by atoms with Gasteiger partial charge in [-0.1, -0.05) is 73.4 Å². The van der Waals surface area contributed by atoms with Crippen molar-refractivity contribution in [3.05, 3.63) is 72.8 Å². The average Bonchev–Trinajstić information content (AvgIpc) is 2.79. The Bertz CT molecular complexity index is 1050. The van der Waals surface area contributed by atoms with Gasteiger partial charge in [-0.05, 0) is 29.7 Å². The van der Waals surface area contributed by atoms with Gasteiger partial charge in [0.15, 0.2) is 0 Å². The smallest absolute Gasteiger partial charge is 0.316 e. The molecule has 0 aliphatic heterocycles. The Morgan fingerprint density at radius 3 is 2.38 bits per heavy atom. The summed E-state index contributed by atoms with van der Waals surface area (Å²) in [6.07, 6.45) is 7.28. The Kier molecular flexibility index (Phi) is 12.5. The molecular formula is C23H29N2O8P. The van der Waals surface area contributed by atoms with Crippen LogP contribution >= 0.6 is 7.82 Å². The highest BCUT2D eigenvalue weighted by Gasteiger charge is 2.27. The van der Waals surface area contributed by atoms with Crippen LogP contribution in [-0.2, 0) is 14.2 Å². The lowest BCUT2D eigenvalue weighted by Gasteiger charge is -2.19. The average molecular weight is 492 g/mol. The van der Waals surface area contributed by atoms with Crippen molar-refractivity contribution in [1.82, 2.24) is 10.4 Å². The summed E-state index contributed by atoms with van der Waals surface area (Å²) in [6, 6.07) is 12.5. The van der Waals surface area contributed by atoms with Gasteiger partial charge < -0.3 is 24.8 Å². The molecule has 2 aromatic carbocycles. The normalized spacial score (nSPS) is 10.8. The van der Waals surface area contributed by atoms with Crippen LogP contribution < -0.4 is 5.32 Å². The maximum absolute atomic E-state index is 13.1. The van der Waals surface area contributed by atoms with E-state index in [4.69, 9.17) is 24.1 Å². The molecule has 0 aliphatic carbocycles. The first kappa shape index (κ1) is 28.7. The van der Waals surface area contributed by atoms with Crippen molar-refractivity contribution in [2.75, 3.05) is 6.54 Å². The third kappa shape index (κ3) is 11.0. The third-order valence-electron chi connectivity index (χ3n) is 4.20. The van der Waals surface area contributed by atoms with Crippen LogP contribution in [0.15, 0.2) is 67.3 Å². The standard InChI is InChI=1S/C23H26N2O4.H3O4P/c1-3-5-6-7-8-16-21(26)25(29-23(28)24-17-4-2)22(27)20-15-11-13-18-12-9-10-14-19(18)20;1-5(2,3)4/h4,8-16H,2-3,5-7,17H2,1H3,(H,24,28);(H3,1,2,3,4). The Labute approximate surface area is 197 Å². The fourth-order valence-corrected chi connectivity index (χ4v) is 2.74. The number of unbranched alkanes of at least 4 members (excludes halogenated alkanes) is 3. The van der Waals surface area contributed by atoms with E-state index in [-0.39, 0.29) is 12.1 Å². The lowest BCUT2D eigenvalue weighted by molar-refractivity contribution is -0.148. The SMILES string of the molecule is C=CCNC(=O)ON(C(=O)C=CCCCCC)C(=O)c1cccc2ccccc12.O=P(O)(O)O. The van der Waals surface area contributed by atoms with Gasteiger partial charge in [0, 0.05) is 12.6 Å². The summed E-state index contributed by atoms with van der Waals surface area (Å²) in [5.41, 5.74) is 0.271. The Morgan fingerprint density at radius 1 is 1.09 bits per heavy atom. The van der Waals surface area contributed by atoms with Gasteiger partial charge in [0.05, 0.1) is 5.56 Å². The van der Waals surface area contributed by atoms with Crippen LogP contribution in [0.5, 0.6) is 0 Å². The number of hydrogen-bond acceptors (Lipinski definition) is 5. The van der Waals surface area contributed by atoms with Crippen LogP contribution in [0, 0.1) is 0 Å². The molecule has 0 aliphatic rings. The Morgan fingerprint density at radius 2 is 1.74 bits per heavy atom. The second-order valence-electron chi connectivity index (χ2n) is 6.92. The van der Waals surface area contributed by atoms with E-state index in [0.717, 1.165) is 24.6 Å². The van der Waals surface area contributed by atoms with Gasteiger partial charge in [0.25, 0.3) is 11.8 Å². The minimum atomic E-state index is -4.64. The van der Waals surface area contributed by atoms with Gasteiger partial charge in [0.1, 0.15) is 0 Å². The molecule has 0 bridgehead atoms. The highest BCUT2D eigenvalue weighted by atomic mass is 31.2. The minimum absolute atomic E-state index is 0.149. The maximum Gasteiger partial charge on any atom is 0.466 e. The topological polar surface area (TPSA) is 153 Å². The van der Waals surface area contributed by atoms with E-state index in [1.807, 2.05) is 18.2 Å². The highest BCUT2D eigenvalue weighted by molar-refractivity contribution is 7.45. The zero-order valence-corrected chi connectivity index (χ0v) is 19.7. The monoisotopic (exact) mass is 492 g/mol. The molecule has 3 amide bonds. The van der Waals surface area contributed by atoms with Gasteiger partial charge in [-0.15, -0.1) is 6.58 Å². The quantitative estimate of drug-likeness (QED) is 0.143. The van der Waals surface area contributed by atoms with Gasteiger partial charge in [0.2, 0.25) is 0 Å². The van der Waals surface area contributed by atoms with Gasteiger partial charge in [-0.25, -0.2) is 9.36 Å². The molecule has 0 fully saturated rings. The number of benzene rings is 2. The lowest BCUT2D eigenvalue weighted by atomic mass is 10.0. The van der Waals surface area contributed by atoms with Crippen LogP contribution in [0.1, 0.15) is 43.0 Å². The zero-order valence-electron chi connectivity index (χ0n) is 18.8. The van der Waals surface area contributed by atoms with E-state index in [2.05, 4.69) is 18.8 Å². The van der Waals surface area contributed by atoms with Crippen LogP contribution in [0.4, 0.5) is 4.79 Å². The van der Waals surface area contributed by atoms with Crippen molar-refractivity contribution in [2.45, 2.75) is 32.6 Å². The summed E-state index contributed by atoms with van der Waals surface area (Å²) >= 11 is 0. The number of imide groups is 1. The van der Waals surface area contributed by atoms with Crippen LogP contribution in [-0.4, -0.2) is 44.2 Å². The molecule has 0 spiro atoms. The first-order valence-electron chi connectivity index (χ1n) is 10.5. The number of fused-ring (bicyclic) bond motifs is 1. The number of phosphoric acid groups is 1. The molecule has 0 saturated heterocycles. The minimum Gasteiger partial charge on any atom is -0.316 e. The fraction of sp³-hybridized carbons (Fsp3) is 0.261. The number of hydrogen-bond donors (Lipinski definition) is 4. The van der Waals surface area contributed by atoms with E-state index in [0.29, 0.717) is 16.9 Å². The number of nitrogens with zero attached hydrogens (tertiary/aromatic N) is 1. The lowest BCUT2D eigenvalue weighted by Crippen LogP contribution is -2.41. The molecule has 0 atom stereocenters. The molecule has 2 rings (SSSR count). The molecule has 11 heteroatoms. The number of amides is 3. The summed E-state index contributed by atoms with van der Waals surface area (Å²) in [6.45, 7) is 5.74. The van der Waals surface area contributed by atoms with Crippen molar-refractivity contribution in [1.29, 1.82) is 0 Å². The molecule has 10 nitrogen and oxygen atoms in total. The van der Waals surface area contributed by atoms with Crippen molar-refractivity contribution >= 4 is 36.5 Å². The summed E-state index contributed by atoms with van der Waals surface area (Å²) in [5, 5.41) is 4.40. The molecule has 184 valence electrons. The second kappa shape index (κ2) is 14.8. The summed E-state index contributed by atoms with van der Waals surface area (Å²) < 4.78 is 8.88. The largest absolute Gasteiger partial charge is 0.466 e. The molecule has 0 heterocycles. The summed E-state index contributed by atoms with van der Waals surface area (Å²) in [4.78, 5) is 64.3. The van der Waals surface area contributed by atoms with Crippen molar-refractivity contribution < 1.29 is 38.5 Å². The van der Waals surface area contributed by atoms with Gasteiger partial charge >= 0.3 is 13.9 Å². The maximum atomic E-state index is 13.1.